The fourth-order valence-corrected chi connectivity index (χ4v) is 2.70. The van der Waals surface area contributed by atoms with Crippen molar-refractivity contribution in [2.45, 2.75) is 38.9 Å². The predicted octanol–water partition coefficient (Wildman–Crippen LogP) is 1.23. The Balaban J connectivity index is 1.74. The van der Waals surface area contributed by atoms with Gasteiger partial charge in [-0.15, -0.1) is 10.2 Å². The monoisotopic (exact) mass is 330 g/mol. The van der Waals surface area contributed by atoms with E-state index in [0.717, 1.165) is 31.6 Å². The molecule has 1 fully saturated rings. The number of hydrogen-bond acceptors (Lipinski definition) is 5. The third-order valence-electron chi connectivity index (χ3n) is 4.14. The number of hydrogen-bond donors (Lipinski definition) is 2. The van der Waals surface area contributed by atoms with E-state index in [0.29, 0.717) is 6.54 Å². The SMILES string of the molecule is CCc1ccc(-n2nc(CO)c(C(=O)NCC3CCCO3)n2)cc1. The number of carbonyl (C=O) groups excluding carboxylic acids is 1. The number of nitrogens with zero attached hydrogens (tertiary/aromatic N) is 3. The third-order valence-corrected chi connectivity index (χ3v) is 4.14. The topological polar surface area (TPSA) is 89.3 Å². The molecule has 0 bridgehead atoms. The maximum Gasteiger partial charge on any atom is 0.273 e. The van der Waals surface area contributed by atoms with Crippen LogP contribution in [-0.2, 0) is 17.8 Å². The van der Waals surface area contributed by atoms with Crippen molar-refractivity contribution in [3.8, 4) is 5.69 Å². The van der Waals surface area contributed by atoms with Crippen LogP contribution in [0, 0.1) is 0 Å². The lowest BCUT2D eigenvalue weighted by molar-refractivity contribution is 0.0851. The lowest BCUT2D eigenvalue weighted by atomic mass is 10.2. The first-order chi connectivity index (χ1) is 11.7. The molecule has 1 saturated heterocycles. The molecule has 1 aromatic heterocycles. The first-order valence-corrected chi connectivity index (χ1v) is 8.27. The Labute approximate surface area is 140 Å². The fourth-order valence-electron chi connectivity index (χ4n) is 2.70. The van der Waals surface area contributed by atoms with E-state index in [9.17, 15) is 9.90 Å². The van der Waals surface area contributed by atoms with Crippen molar-refractivity contribution < 1.29 is 14.6 Å². The van der Waals surface area contributed by atoms with E-state index in [1.54, 1.807) is 0 Å². The Kier molecular flexibility index (Phi) is 5.22. The van der Waals surface area contributed by atoms with E-state index in [1.165, 1.54) is 10.4 Å². The number of benzene rings is 1. The van der Waals surface area contributed by atoms with Crippen LogP contribution in [0.2, 0.25) is 0 Å². The van der Waals surface area contributed by atoms with Gasteiger partial charge in [-0.05, 0) is 37.0 Å². The molecule has 1 atom stereocenters. The summed E-state index contributed by atoms with van der Waals surface area (Å²) in [5.74, 6) is -0.342. The van der Waals surface area contributed by atoms with Crippen molar-refractivity contribution in [1.82, 2.24) is 20.3 Å². The minimum atomic E-state index is -0.342. The molecule has 0 spiro atoms. The second-order valence-corrected chi connectivity index (χ2v) is 5.81. The average Bonchev–Trinajstić information content (AvgIpc) is 3.29. The largest absolute Gasteiger partial charge is 0.390 e. The molecule has 0 radical (unpaired) electrons. The predicted molar refractivity (Wildman–Crippen MR) is 88.0 cm³/mol. The molecule has 128 valence electrons. The van der Waals surface area contributed by atoms with Crippen LogP contribution in [-0.4, -0.2) is 45.3 Å². The molecule has 7 heteroatoms. The number of carbonyl (C=O) groups is 1. The Morgan fingerprint density at radius 2 is 2.17 bits per heavy atom. The highest BCUT2D eigenvalue weighted by atomic mass is 16.5. The summed E-state index contributed by atoms with van der Waals surface area (Å²) in [5, 5.41) is 20.7. The zero-order chi connectivity index (χ0) is 16.9. The van der Waals surface area contributed by atoms with Crippen LogP contribution in [0.5, 0.6) is 0 Å². The van der Waals surface area contributed by atoms with Crippen LogP contribution in [0.1, 0.15) is 41.5 Å². The van der Waals surface area contributed by atoms with E-state index >= 15 is 0 Å². The number of ether oxygens (including phenoxy) is 1. The second-order valence-electron chi connectivity index (χ2n) is 5.81. The Morgan fingerprint density at radius 3 is 2.79 bits per heavy atom. The molecule has 2 N–H and O–H groups in total. The van der Waals surface area contributed by atoms with Crippen LogP contribution in [0.25, 0.3) is 5.69 Å². The molecule has 0 aliphatic carbocycles. The fraction of sp³-hybridized carbons (Fsp3) is 0.471. The van der Waals surface area contributed by atoms with Gasteiger partial charge in [0.1, 0.15) is 5.69 Å². The highest BCUT2D eigenvalue weighted by Crippen LogP contribution is 2.13. The molecule has 2 aromatic rings. The van der Waals surface area contributed by atoms with Gasteiger partial charge in [0.05, 0.1) is 18.4 Å². The highest BCUT2D eigenvalue weighted by molar-refractivity contribution is 5.93. The molecule has 0 saturated carbocycles. The lowest BCUT2D eigenvalue weighted by Crippen LogP contribution is -2.32. The molecule has 1 aliphatic heterocycles. The Bertz CT molecular complexity index is 690. The number of rotatable bonds is 6. The van der Waals surface area contributed by atoms with Gasteiger partial charge in [-0.25, -0.2) is 0 Å². The molecule has 1 amide bonds. The molecular weight excluding hydrogens is 308 g/mol. The van der Waals surface area contributed by atoms with Gasteiger partial charge in [-0.3, -0.25) is 4.79 Å². The summed E-state index contributed by atoms with van der Waals surface area (Å²) in [6, 6.07) is 7.78. The number of nitrogens with one attached hydrogen (secondary N) is 1. The van der Waals surface area contributed by atoms with Crippen LogP contribution in [0.3, 0.4) is 0 Å². The van der Waals surface area contributed by atoms with Crippen molar-refractivity contribution in [2.24, 2.45) is 0 Å². The molecule has 24 heavy (non-hydrogen) atoms. The number of aromatic nitrogens is 3. The van der Waals surface area contributed by atoms with E-state index in [4.69, 9.17) is 4.74 Å². The third kappa shape index (κ3) is 3.63. The Hall–Kier alpha value is -2.25. The van der Waals surface area contributed by atoms with E-state index in [1.807, 2.05) is 24.3 Å². The minimum absolute atomic E-state index is 0.0585. The van der Waals surface area contributed by atoms with Gasteiger partial charge in [0.15, 0.2) is 5.69 Å². The van der Waals surface area contributed by atoms with Crippen LogP contribution >= 0.6 is 0 Å². The highest BCUT2D eigenvalue weighted by Gasteiger charge is 2.21. The molecular formula is C17H22N4O3. The smallest absolute Gasteiger partial charge is 0.273 e. The summed E-state index contributed by atoms with van der Waals surface area (Å²) < 4.78 is 5.49. The van der Waals surface area contributed by atoms with Crippen molar-refractivity contribution in [3.63, 3.8) is 0 Å². The van der Waals surface area contributed by atoms with Gasteiger partial charge in [0, 0.05) is 13.2 Å². The maximum absolute atomic E-state index is 12.3. The number of aryl methyl sites for hydroxylation is 1. The second kappa shape index (κ2) is 7.55. The summed E-state index contributed by atoms with van der Waals surface area (Å²) >= 11 is 0. The van der Waals surface area contributed by atoms with Gasteiger partial charge < -0.3 is 15.2 Å². The van der Waals surface area contributed by atoms with E-state index in [-0.39, 0.29) is 30.0 Å². The van der Waals surface area contributed by atoms with Crippen molar-refractivity contribution in [1.29, 1.82) is 0 Å². The molecule has 1 aromatic carbocycles. The van der Waals surface area contributed by atoms with Crippen LogP contribution < -0.4 is 5.32 Å². The van der Waals surface area contributed by atoms with Crippen LogP contribution in [0.4, 0.5) is 0 Å². The maximum atomic E-state index is 12.3. The zero-order valence-corrected chi connectivity index (χ0v) is 13.7. The summed E-state index contributed by atoms with van der Waals surface area (Å²) in [7, 11) is 0. The molecule has 7 nitrogen and oxygen atoms in total. The summed E-state index contributed by atoms with van der Waals surface area (Å²) in [4.78, 5) is 13.7. The molecule has 2 heterocycles. The summed E-state index contributed by atoms with van der Waals surface area (Å²) in [5.41, 5.74) is 2.37. The molecule has 3 rings (SSSR count). The van der Waals surface area contributed by atoms with Gasteiger partial charge >= 0.3 is 0 Å². The quantitative estimate of drug-likeness (QED) is 0.831. The number of aliphatic hydroxyl groups excluding tert-OH is 1. The van der Waals surface area contributed by atoms with Crippen molar-refractivity contribution >= 4 is 5.91 Å². The average molecular weight is 330 g/mol. The minimum Gasteiger partial charge on any atom is -0.390 e. The van der Waals surface area contributed by atoms with Gasteiger partial charge in [0.25, 0.3) is 5.91 Å². The van der Waals surface area contributed by atoms with Gasteiger partial charge in [-0.2, -0.15) is 4.80 Å². The molecule has 1 aliphatic rings. The van der Waals surface area contributed by atoms with E-state index < -0.39 is 0 Å². The number of aliphatic hydroxyl groups is 1. The van der Waals surface area contributed by atoms with Gasteiger partial charge in [-0.1, -0.05) is 19.1 Å². The first kappa shape index (κ1) is 16.6. The molecule has 1 unspecified atom stereocenters. The van der Waals surface area contributed by atoms with Crippen LogP contribution in [0.15, 0.2) is 24.3 Å². The van der Waals surface area contributed by atoms with E-state index in [2.05, 4.69) is 22.4 Å². The number of amides is 1. The summed E-state index contributed by atoms with van der Waals surface area (Å²) in [6.45, 7) is 2.94. The van der Waals surface area contributed by atoms with Crippen molar-refractivity contribution in [2.75, 3.05) is 13.2 Å². The lowest BCUT2D eigenvalue weighted by Gasteiger charge is -2.09. The summed E-state index contributed by atoms with van der Waals surface area (Å²) in [6.07, 6.45) is 2.98. The standard InChI is InChI=1S/C17H22N4O3/c1-2-12-5-7-13(8-6-12)21-19-15(11-22)16(20-21)17(23)18-10-14-4-3-9-24-14/h5-8,14,22H,2-4,9-11H2,1H3,(H,18,23). The first-order valence-electron chi connectivity index (χ1n) is 8.27. The zero-order valence-electron chi connectivity index (χ0n) is 13.7. The van der Waals surface area contributed by atoms with Gasteiger partial charge in [0.2, 0.25) is 0 Å². The normalized spacial score (nSPS) is 17.2. The Morgan fingerprint density at radius 1 is 1.38 bits per heavy atom. The van der Waals surface area contributed by atoms with Crippen molar-refractivity contribution in [3.05, 3.63) is 41.2 Å².